The van der Waals surface area contributed by atoms with Crippen molar-refractivity contribution in [2.45, 2.75) is 13.8 Å². The Balaban J connectivity index is 2.16. The van der Waals surface area contributed by atoms with Crippen molar-refractivity contribution in [3.63, 3.8) is 0 Å². The molecule has 0 saturated heterocycles. The molecule has 0 spiro atoms. The first-order chi connectivity index (χ1) is 9.15. The molecule has 3 aromatic rings. The van der Waals surface area contributed by atoms with Crippen LogP contribution < -0.4 is 0 Å². The van der Waals surface area contributed by atoms with Gasteiger partial charge in [-0.1, -0.05) is 33.2 Å². The molecule has 4 heteroatoms. The maximum atomic E-state index is 5.39. The van der Waals surface area contributed by atoms with Gasteiger partial charge in [0.1, 0.15) is 11.5 Å². The summed E-state index contributed by atoms with van der Waals surface area (Å²) in [5, 5.41) is 6.35. The average molecular weight is 334 g/mol. The average Bonchev–Trinajstić information content (AvgIpc) is 2.97. The Morgan fingerprint density at radius 3 is 2.53 bits per heavy atom. The number of nitrogens with zero attached hydrogens (tertiary/aromatic N) is 1. The van der Waals surface area contributed by atoms with E-state index >= 15 is 0 Å². The van der Waals surface area contributed by atoms with Gasteiger partial charge in [-0.2, -0.15) is 0 Å². The molecular weight excluding hydrogens is 322 g/mol. The molecule has 0 N–H and O–H groups in total. The summed E-state index contributed by atoms with van der Waals surface area (Å²) < 4.78 is 6.46. The summed E-state index contributed by atoms with van der Waals surface area (Å²) >= 11 is 5.15. The predicted molar refractivity (Wildman–Crippen MR) is 82.4 cm³/mol. The monoisotopic (exact) mass is 333 g/mol. The lowest BCUT2D eigenvalue weighted by molar-refractivity contribution is 0.400. The van der Waals surface area contributed by atoms with E-state index in [4.69, 9.17) is 4.52 Å². The Kier molecular flexibility index (Phi) is 3.29. The number of halogens is 1. The highest BCUT2D eigenvalue weighted by molar-refractivity contribution is 9.10. The van der Waals surface area contributed by atoms with Gasteiger partial charge in [0.2, 0.25) is 0 Å². The van der Waals surface area contributed by atoms with E-state index in [1.165, 1.54) is 5.56 Å². The van der Waals surface area contributed by atoms with E-state index in [0.29, 0.717) is 0 Å². The minimum absolute atomic E-state index is 0.850. The van der Waals surface area contributed by atoms with Crippen molar-refractivity contribution in [3.8, 4) is 21.7 Å². The standard InChI is InChI=1S/C15H12BrNOS/c1-9-7-13(19-8-9)15-14(10(2)18-17-15)11-3-5-12(16)6-4-11/h3-8H,1-2H3. The zero-order valence-electron chi connectivity index (χ0n) is 10.6. The molecule has 0 aliphatic carbocycles. The van der Waals surface area contributed by atoms with Gasteiger partial charge in [-0.15, -0.1) is 11.3 Å². The second kappa shape index (κ2) is 4.94. The number of thiophene rings is 1. The molecule has 0 atom stereocenters. The third-order valence-electron chi connectivity index (χ3n) is 2.96. The summed E-state index contributed by atoms with van der Waals surface area (Å²) in [5.41, 5.74) is 4.39. The first-order valence-electron chi connectivity index (χ1n) is 5.93. The first kappa shape index (κ1) is 12.6. The molecule has 3 rings (SSSR count). The molecule has 2 nitrogen and oxygen atoms in total. The summed E-state index contributed by atoms with van der Waals surface area (Å²) in [7, 11) is 0. The summed E-state index contributed by atoms with van der Waals surface area (Å²) in [4.78, 5) is 1.15. The summed E-state index contributed by atoms with van der Waals surface area (Å²) in [6, 6.07) is 10.4. The van der Waals surface area contributed by atoms with Gasteiger partial charge in [0.15, 0.2) is 0 Å². The third-order valence-corrected chi connectivity index (χ3v) is 4.54. The van der Waals surface area contributed by atoms with Gasteiger partial charge in [-0.05, 0) is 48.6 Å². The van der Waals surface area contributed by atoms with Gasteiger partial charge in [0.05, 0.1) is 10.4 Å². The fraction of sp³-hybridized carbons (Fsp3) is 0.133. The molecule has 2 aromatic heterocycles. The lowest BCUT2D eigenvalue weighted by Gasteiger charge is -2.01. The Morgan fingerprint density at radius 2 is 1.89 bits per heavy atom. The van der Waals surface area contributed by atoms with Gasteiger partial charge in [-0.25, -0.2) is 0 Å². The highest BCUT2D eigenvalue weighted by atomic mass is 79.9. The van der Waals surface area contributed by atoms with Crippen molar-refractivity contribution in [3.05, 3.63) is 51.5 Å². The maximum Gasteiger partial charge on any atom is 0.142 e. The Hall–Kier alpha value is -1.39. The van der Waals surface area contributed by atoms with Crippen molar-refractivity contribution in [2.24, 2.45) is 0 Å². The van der Waals surface area contributed by atoms with E-state index in [-0.39, 0.29) is 0 Å². The van der Waals surface area contributed by atoms with E-state index in [1.807, 2.05) is 19.1 Å². The fourth-order valence-electron chi connectivity index (χ4n) is 2.05. The molecule has 0 bridgehead atoms. The summed E-state index contributed by atoms with van der Waals surface area (Å²) in [5.74, 6) is 0.850. The quantitative estimate of drug-likeness (QED) is 0.623. The third kappa shape index (κ3) is 2.38. The maximum absolute atomic E-state index is 5.39. The van der Waals surface area contributed by atoms with Gasteiger partial charge in [-0.3, -0.25) is 0 Å². The number of benzene rings is 1. The van der Waals surface area contributed by atoms with Crippen LogP contribution in [-0.2, 0) is 0 Å². The van der Waals surface area contributed by atoms with Crippen LogP contribution in [0.25, 0.3) is 21.7 Å². The van der Waals surface area contributed by atoms with Crippen molar-refractivity contribution >= 4 is 27.3 Å². The van der Waals surface area contributed by atoms with Crippen LogP contribution in [0.5, 0.6) is 0 Å². The first-order valence-corrected chi connectivity index (χ1v) is 7.60. The highest BCUT2D eigenvalue weighted by Crippen LogP contribution is 2.37. The van der Waals surface area contributed by atoms with Gasteiger partial charge >= 0.3 is 0 Å². The molecule has 0 fully saturated rings. The predicted octanol–water partition coefficient (Wildman–Crippen LogP) is 5.45. The SMILES string of the molecule is Cc1csc(-c2noc(C)c2-c2ccc(Br)cc2)c1. The molecule has 19 heavy (non-hydrogen) atoms. The summed E-state index contributed by atoms with van der Waals surface area (Å²) in [6.07, 6.45) is 0. The number of aromatic nitrogens is 1. The molecule has 0 saturated carbocycles. The lowest BCUT2D eigenvalue weighted by Crippen LogP contribution is -1.81. The second-order valence-electron chi connectivity index (χ2n) is 4.46. The molecule has 0 unspecified atom stereocenters. The zero-order chi connectivity index (χ0) is 13.4. The topological polar surface area (TPSA) is 26.0 Å². The van der Waals surface area contributed by atoms with Crippen LogP contribution in [0.15, 0.2) is 44.7 Å². The van der Waals surface area contributed by atoms with Gasteiger partial charge < -0.3 is 4.52 Å². The Labute approximate surface area is 124 Å². The minimum atomic E-state index is 0.850. The number of rotatable bonds is 2. The van der Waals surface area contributed by atoms with Crippen LogP contribution in [0.1, 0.15) is 11.3 Å². The van der Waals surface area contributed by atoms with Crippen LogP contribution in [0.4, 0.5) is 0 Å². The van der Waals surface area contributed by atoms with Crippen molar-refractivity contribution in [1.82, 2.24) is 5.16 Å². The van der Waals surface area contributed by atoms with Gasteiger partial charge in [0.25, 0.3) is 0 Å². The lowest BCUT2D eigenvalue weighted by atomic mass is 10.0. The number of hydrogen-bond acceptors (Lipinski definition) is 3. The van der Waals surface area contributed by atoms with Crippen LogP contribution in [0.2, 0.25) is 0 Å². The molecule has 0 aliphatic heterocycles. The van der Waals surface area contributed by atoms with Crippen molar-refractivity contribution in [1.29, 1.82) is 0 Å². The van der Waals surface area contributed by atoms with Crippen LogP contribution in [-0.4, -0.2) is 5.16 Å². The smallest absolute Gasteiger partial charge is 0.142 e. The van der Waals surface area contributed by atoms with Gasteiger partial charge in [0, 0.05) is 4.47 Å². The normalized spacial score (nSPS) is 10.9. The minimum Gasteiger partial charge on any atom is -0.360 e. The molecule has 2 heterocycles. The Bertz CT molecular complexity index is 712. The Morgan fingerprint density at radius 1 is 1.16 bits per heavy atom. The number of hydrogen-bond donors (Lipinski definition) is 0. The molecule has 1 aromatic carbocycles. The molecule has 0 amide bonds. The molecule has 96 valence electrons. The van der Waals surface area contributed by atoms with Crippen molar-refractivity contribution < 1.29 is 4.52 Å². The fourth-order valence-corrected chi connectivity index (χ4v) is 3.20. The molecule has 0 aliphatic rings. The van der Waals surface area contributed by atoms with E-state index in [9.17, 15) is 0 Å². The van der Waals surface area contributed by atoms with E-state index < -0.39 is 0 Å². The second-order valence-corrected chi connectivity index (χ2v) is 6.28. The molecular formula is C15H12BrNOS. The van der Waals surface area contributed by atoms with E-state index in [0.717, 1.165) is 31.9 Å². The van der Waals surface area contributed by atoms with Crippen LogP contribution in [0, 0.1) is 13.8 Å². The van der Waals surface area contributed by atoms with Crippen LogP contribution >= 0.6 is 27.3 Å². The summed E-state index contributed by atoms with van der Waals surface area (Å²) in [6.45, 7) is 4.04. The number of aryl methyl sites for hydroxylation is 2. The zero-order valence-corrected chi connectivity index (χ0v) is 13.0. The van der Waals surface area contributed by atoms with E-state index in [2.05, 4.69) is 51.6 Å². The highest BCUT2D eigenvalue weighted by Gasteiger charge is 2.17. The van der Waals surface area contributed by atoms with Crippen molar-refractivity contribution in [2.75, 3.05) is 0 Å². The largest absolute Gasteiger partial charge is 0.360 e. The molecule has 0 radical (unpaired) electrons. The van der Waals surface area contributed by atoms with Crippen LogP contribution in [0.3, 0.4) is 0 Å². The van der Waals surface area contributed by atoms with E-state index in [1.54, 1.807) is 11.3 Å².